The van der Waals surface area contributed by atoms with Crippen LogP contribution in [0.3, 0.4) is 0 Å². The summed E-state index contributed by atoms with van der Waals surface area (Å²) in [4.78, 5) is 0. The molecule has 1 aliphatic rings. The second kappa shape index (κ2) is 5.79. The van der Waals surface area contributed by atoms with Crippen LogP contribution in [0.15, 0.2) is 42.5 Å². The Morgan fingerprint density at radius 2 is 1.86 bits per heavy atom. The molecule has 1 fully saturated rings. The van der Waals surface area contributed by atoms with E-state index in [9.17, 15) is 5.26 Å². The lowest BCUT2D eigenvalue weighted by Crippen LogP contribution is -2.34. The minimum Gasteiger partial charge on any atom is -0.381 e. The van der Waals surface area contributed by atoms with Gasteiger partial charge in [0.15, 0.2) is 0 Å². The molecule has 106 valence electrons. The molecule has 2 aromatic rings. The number of nitrogens with one attached hydrogen (secondary N) is 1. The number of aryl methyl sites for hydroxylation is 1. The second-order valence-corrected chi connectivity index (χ2v) is 6.11. The maximum absolute atomic E-state index is 9.26. The van der Waals surface area contributed by atoms with Crippen LogP contribution in [0.1, 0.15) is 35.4 Å². The molecule has 0 bridgehead atoms. The van der Waals surface area contributed by atoms with Gasteiger partial charge in [0.25, 0.3) is 0 Å². The van der Waals surface area contributed by atoms with E-state index in [-0.39, 0.29) is 0 Å². The molecule has 0 heterocycles. The first kappa shape index (κ1) is 14.0. The fourth-order valence-electron chi connectivity index (χ4n) is 2.90. The molecule has 1 aliphatic carbocycles. The highest BCUT2D eigenvalue weighted by Gasteiger charge is 2.30. The minimum absolute atomic E-state index is 0.444. The number of hydrogen-bond donors (Lipinski definition) is 1. The van der Waals surface area contributed by atoms with Crippen molar-refractivity contribution in [3.8, 4) is 6.07 Å². The van der Waals surface area contributed by atoms with Crippen LogP contribution < -0.4 is 5.32 Å². The van der Waals surface area contributed by atoms with Gasteiger partial charge >= 0.3 is 0 Å². The quantitative estimate of drug-likeness (QED) is 0.876. The topological polar surface area (TPSA) is 35.8 Å². The molecule has 0 atom stereocenters. The third-order valence-corrected chi connectivity index (χ3v) is 4.48. The van der Waals surface area contributed by atoms with Crippen molar-refractivity contribution in [2.75, 3.05) is 5.32 Å². The molecule has 0 amide bonds. The molecule has 1 saturated carbocycles. The van der Waals surface area contributed by atoms with Crippen LogP contribution in [0.4, 0.5) is 5.69 Å². The monoisotopic (exact) mass is 296 g/mol. The summed E-state index contributed by atoms with van der Waals surface area (Å²) in [5.41, 5.74) is 4.09. The molecule has 3 heteroatoms. The standard InChI is InChI=1S/C18H17ClN2/c1-12-3-2-4-18(17(12)11-20)21-16-9-14(10-16)13-5-7-15(19)8-6-13/h2-8,14,16,21H,9-10H2,1H3. The molecular formula is C18H17ClN2. The maximum Gasteiger partial charge on any atom is 0.102 e. The van der Waals surface area contributed by atoms with Gasteiger partial charge in [0.1, 0.15) is 6.07 Å². The van der Waals surface area contributed by atoms with Crippen molar-refractivity contribution in [2.24, 2.45) is 0 Å². The van der Waals surface area contributed by atoms with Crippen molar-refractivity contribution in [3.05, 3.63) is 64.2 Å². The summed E-state index contributed by atoms with van der Waals surface area (Å²) in [5.74, 6) is 0.593. The number of nitriles is 1. The summed E-state index contributed by atoms with van der Waals surface area (Å²) < 4.78 is 0. The molecule has 2 nitrogen and oxygen atoms in total. The Morgan fingerprint density at radius 3 is 2.52 bits per heavy atom. The highest BCUT2D eigenvalue weighted by atomic mass is 35.5. The molecule has 0 aliphatic heterocycles. The number of anilines is 1. The molecule has 21 heavy (non-hydrogen) atoms. The lowest BCUT2D eigenvalue weighted by atomic mass is 9.75. The van der Waals surface area contributed by atoms with E-state index in [2.05, 4.69) is 23.5 Å². The summed E-state index contributed by atoms with van der Waals surface area (Å²) in [6.07, 6.45) is 2.20. The highest BCUT2D eigenvalue weighted by molar-refractivity contribution is 6.30. The minimum atomic E-state index is 0.444. The van der Waals surface area contributed by atoms with Gasteiger partial charge in [-0.1, -0.05) is 35.9 Å². The van der Waals surface area contributed by atoms with Crippen molar-refractivity contribution in [2.45, 2.75) is 31.7 Å². The van der Waals surface area contributed by atoms with Crippen LogP contribution in [-0.4, -0.2) is 6.04 Å². The first-order chi connectivity index (χ1) is 10.2. The number of rotatable bonds is 3. The SMILES string of the molecule is Cc1cccc(NC2CC(c3ccc(Cl)cc3)C2)c1C#N. The normalized spacial score (nSPS) is 20.4. The largest absolute Gasteiger partial charge is 0.381 e. The molecule has 0 spiro atoms. The van der Waals surface area contributed by atoms with E-state index in [4.69, 9.17) is 11.6 Å². The summed E-state index contributed by atoms with van der Waals surface area (Å²) in [6, 6.07) is 16.8. The average molecular weight is 297 g/mol. The van der Waals surface area contributed by atoms with Crippen LogP contribution in [0, 0.1) is 18.3 Å². The Bertz CT molecular complexity index is 679. The van der Waals surface area contributed by atoms with Gasteiger partial charge in [-0.25, -0.2) is 0 Å². The number of hydrogen-bond acceptors (Lipinski definition) is 2. The van der Waals surface area contributed by atoms with E-state index in [0.717, 1.165) is 34.7 Å². The van der Waals surface area contributed by atoms with E-state index >= 15 is 0 Å². The third-order valence-electron chi connectivity index (χ3n) is 4.22. The van der Waals surface area contributed by atoms with E-state index in [1.54, 1.807) is 0 Å². The zero-order chi connectivity index (χ0) is 14.8. The Hall–Kier alpha value is -1.98. The molecule has 0 aromatic heterocycles. The summed E-state index contributed by atoms with van der Waals surface area (Å²) in [7, 11) is 0. The third kappa shape index (κ3) is 2.89. The van der Waals surface area contributed by atoms with Crippen LogP contribution in [0.2, 0.25) is 5.02 Å². The molecular weight excluding hydrogens is 280 g/mol. The smallest absolute Gasteiger partial charge is 0.102 e. The van der Waals surface area contributed by atoms with Crippen molar-refractivity contribution in [3.63, 3.8) is 0 Å². The summed E-state index contributed by atoms with van der Waals surface area (Å²) in [5, 5.41) is 13.5. The van der Waals surface area contributed by atoms with Crippen LogP contribution in [0.5, 0.6) is 0 Å². The Balaban J connectivity index is 1.64. The van der Waals surface area contributed by atoms with Gasteiger partial charge in [0.2, 0.25) is 0 Å². The van der Waals surface area contributed by atoms with E-state index in [1.807, 2.05) is 37.3 Å². The van der Waals surface area contributed by atoms with Crippen molar-refractivity contribution >= 4 is 17.3 Å². The molecule has 3 rings (SSSR count). The molecule has 0 radical (unpaired) electrons. The molecule has 0 saturated heterocycles. The fraction of sp³-hybridized carbons (Fsp3) is 0.278. The van der Waals surface area contributed by atoms with Gasteiger partial charge in [-0.3, -0.25) is 0 Å². The van der Waals surface area contributed by atoms with E-state index in [0.29, 0.717) is 12.0 Å². The average Bonchev–Trinajstić information content (AvgIpc) is 2.44. The van der Waals surface area contributed by atoms with Gasteiger partial charge in [-0.05, 0) is 55.0 Å². The Labute approximate surface area is 130 Å². The molecule has 0 unspecified atom stereocenters. The predicted octanol–water partition coefficient (Wildman–Crippen LogP) is 4.88. The molecule has 2 aromatic carbocycles. The van der Waals surface area contributed by atoms with E-state index < -0.39 is 0 Å². The van der Waals surface area contributed by atoms with Gasteiger partial charge in [0, 0.05) is 11.1 Å². The maximum atomic E-state index is 9.26. The Kier molecular flexibility index (Phi) is 3.86. The number of benzene rings is 2. The first-order valence-corrected chi connectivity index (χ1v) is 7.57. The van der Waals surface area contributed by atoms with Crippen molar-refractivity contribution in [1.29, 1.82) is 5.26 Å². The van der Waals surface area contributed by atoms with Crippen molar-refractivity contribution < 1.29 is 0 Å². The number of halogens is 1. The van der Waals surface area contributed by atoms with Crippen LogP contribution >= 0.6 is 11.6 Å². The van der Waals surface area contributed by atoms with Crippen LogP contribution in [0.25, 0.3) is 0 Å². The van der Waals surface area contributed by atoms with Gasteiger partial charge in [0.05, 0.1) is 11.3 Å². The second-order valence-electron chi connectivity index (χ2n) is 5.67. The lowest BCUT2D eigenvalue weighted by Gasteiger charge is -2.37. The van der Waals surface area contributed by atoms with Crippen molar-refractivity contribution in [1.82, 2.24) is 0 Å². The van der Waals surface area contributed by atoms with Gasteiger partial charge < -0.3 is 5.32 Å². The zero-order valence-corrected chi connectivity index (χ0v) is 12.7. The fourth-order valence-corrected chi connectivity index (χ4v) is 3.03. The summed E-state index contributed by atoms with van der Waals surface area (Å²) >= 11 is 5.92. The Morgan fingerprint density at radius 1 is 1.14 bits per heavy atom. The van der Waals surface area contributed by atoms with Gasteiger partial charge in [-0.15, -0.1) is 0 Å². The highest BCUT2D eigenvalue weighted by Crippen LogP contribution is 2.39. The number of nitrogens with zero attached hydrogens (tertiary/aromatic N) is 1. The predicted molar refractivity (Wildman–Crippen MR) is 86.7 cm³/mol. The van der Waals surface area contributed by atoms with Crippen LogP contribution in [-0.2, 0) is 0 Å². The zero-order valence-electron chi connectivity index (χ0n) is 11.9. The van der Waals surface area contributed by atoms with E-state index in [1.165, 1.54) is 5.56 Å². The van der Waals surface area contributed by atoms with Gasteiger partial charge in [-0.2, -0.15) is 5.26 Å². The summed E-state index contributed by atoms with van der Waals surface area (Å²) in [6.45, 7) is 1.97. The first-order valence-electron chi connectivity index (χ1n) is 7.19. The molecule has 1 N–H and O–H groups in total. The lowest BCUT2D eigenvalue weighted by molar-refractivity contribution is 0.374.